The van der Waals surface area contributed by atoms with Crippen LogP contribution in [-0.4, -0.2) is 18.7 Å². The van der Waals surface area contributed by atoms with Crippen molar-refractivity contribution in [3.05, 3.63) is 12.2 Å². The van der Waals surface area contributed by atoms with E-state index >= 15 is 0 Å². The van der Waals surface area contributed by atoms with Crippen LogP contribution < -0.4 is 0 Å². The van der Waals surface area contributed by atoms with E-state index in [9.17, 15) is 9.18 Å². The van der Waals surface area contributed by atoms with Gasteiger partial charge in [-0.1, -0.05) is 13.5 Å². The standard InChI is InChI=1S/C13H21FO2/c1-9(2)13(15)16-12-6-4-10(3)11(8-14)5-7-12/h10-12H,1,4-8H2,2-3H3. The van der Waals surface area contributed by atoms with Crippen LogP contribution in [0.4, 0.5) is 4.39 Å². The highest BCUT2D eigenvalue weighted by molar-refractivity contribution is 5.87. The van der Waals surface area contributed by atoms with Crippen LogP contribution in [-0.2, 0) is 9.53 Å². The highest BCUT2D eigenvalue weighted by Gasteiger charge is 2.26. The second-order valence-electron chi connectivity index (χ2n) is 4.85. The van der Waals surface area contributed by atoms with Crippen LogP contribution in [0.3, 0.4) is 0 Å². The number of esters is 1. The summed E-state index contributed by atoms with van der Waals surface area (Å²) in [4.78, 5) is 11.4. The fourth-order valence-corrected chi connectivity index (χ4v) is 2.11. The number of halogens is 1. The van der Waals surface area contributed by atoms with Crippen molar-refractivity contribution in [2.45, 2.75) is 45.6 Å². The monoisotopic (exact) mass is 228 g/mol. The largest absolute Gasteiger partial charge is 0.459 e. The number of carbonyl (C=O) groups is 1. The van der Waals surface area contributed by atoms with Gasteiger partial charge in [-0.05, 0) is 44.4 Å². The van der Waals surface area contributed by atoms with E-state index in [2.05, 4.69) is 13.5 Å². The third-order valence-corrected chi connectivity index (χ3v) is 3.43. The molecule has 3 atom stereocenters. The van der Waals surface area contributed by atoms with Crippen molar-refractivity contribution in [2.24, 2.45) is 11.8 Å². The lowest BCUT2D eigenvalue weighted by Gasteiger charge is -2.16. The minimum atomic E-state index is -0.323. The summed E-state index contributed by atoms with van der Waals surface area (Å²) < 4.78 is 18.0. The van der Waals surface area contributed by atoms with Gasteiger partial charge in [-0.25, -0.2) is 4.79 Å². The molecule has 0 aromatic heterocycles. The Labute approximate surface area is 96.9 Å². The Kier molecular flexibility index (Phi) is 4.97. The molecule has 1 rings (SSSR count). The zero-order valence-corrected chi connectivity index (χ0v) is 10.2. The molecule has 3 unspecified atom stereocenters. The Bertz CT molecular complexity index is 263. The number of hydrogen-bond donors (Lipinski definition) is 0. The van der Waals surface area contributed by atoms with Crippen molar-refractivity contribution >= 4 is 5.97 Å². The highest BCUT2D eigenvalue weighted by Crippen LogP contribution is 2.30. The van der Waals surface area contributed by atoms with Crippen LogP contribution >= 0.6 is 0 Å². The van der Waals surface area contributed by atoms with Crippen LogP contribution in [0, 0.1) is 11.8 Å². The fraction of sp³-hybridized carbons (Fsp3) is 0.769. The van der Waals surface area contributed by atoms with E-state index in [1.165, 1.54) is 0 Å². The maximum atomic E-state index is 12.7. The van der Waals surface area contributed by atoms with Crippen LogP contribution in [0.1, 0.15) is 39.5 Å². The SMILES string of the molecule is C=C(C)C(=O)OC1CCC(C)C(CF)CC1. The van der Waals surface area contributed by atoms with E-state index < -0.39 is 0 Å². The van der Waals surface area contributed by atoms with Crippen LogP contribution in [0.15, 0.2) is 12.2 Å². The maximum Gasteiger partial charge on any atom is 0.333 e. The predicted molar refractivity (Wildman–Crippen MR) is 61.8 cm³/mol. The summed E-state index contributed by atoms with van der Waals surface area (Å²) in [6.07, 6.45) is 3.31. The first-order valence-corrected chi connectivity index (χ1v) is 5.97. The number of hydrogen-bond acceptors (Lipinski definition) is 2. The van der Waals surface area contributed by atoms with Gasteiger partial charge in [0.1, 0.15) is 6.10 Å². The molecule has 92 valence electrons. The lowest BCUT2D eigenvalue weighted by molar-refractivity contribution is -0.144. The molecule has 2 nitrogen and oxygen atoms in total. The summed E-state index contributed by atoms with van der Waals surface area (Å²) in [7, 11) is 0. The van der Waals surface area contributed by atoms with Crippen LogP contribution in [0.25, 0.3) is 0 Å². The van der Waals surface area contributed by atoms with Crippen molar-refractivity contribution in [3.63, 3.8) is 0 Å². The smallest absolute Gasteiger partial charge is 0.333 e. The lowest BCUT2D eigenvalue weighted by Crippen LogP contribution is -2.17. The third kappa shape index (κ3) is 3.62. The topological polar surface area (TPSA) is 26.3 Å². The molecule has 1 aliphatic carbocycles. The molecule has 0 bridgehead atoms. The molecule has 0 N–H and O–H groups in total. The minimum absolute atomic E-state index is 0.0526. The molecule has 0 radical (unpaired) electrons. The van der Waals surface area contributed by atoms with Gasteiger partial charge in [-0.15, -0.1) is 0 Å². The van der Waals surface area contributed by atoms with Gasteiger partial charge in [-0.2, -0.15) is 0 Å². The molecule has 0 saturated heterocycles. The van der Waals surface area contributed by atoms with E-state index in [0.717, 1.165) is 25.7 Å². The fourth-order valence-electron chi connectivity index (χ4n) is 2.11. The zero-order chi connectivity index (χ0) is 12.1. The van der Waals surface area contributed by atoms with Gasteiger partial charge >= 0.3 is 5.97 Å². The molecule has 0 aliphatic heterocycles. The first kappa shape index (κ1) is 13.2. The summed E-state index contributed by atoms with van der Waals surface area (Å²) in [5.74, 6) is 0.198. The molecule has 1 saturated carbocycles. The molecule has 0 aromatic rings. The Balaban J connectivity index is 2.47. The molecular formula is C13H21FO2. The van der Waals surface area contributed by atoms with Crippen LogP contribution in [0.2, 0.25) is 0 Å². The Morgan fingerprint density at radius 2 is 2.00 bits per heavy atom. The van der Waals surface area contributed by atoms with E-state index in [1.54, 1.807) is 6.92 Å². The van der Waals surface area contributed by atoms with Gasteiger partial charge in [0.05, 0.1) is 6.67 Å². The molecule has 1 aliphatic rings. The summed E-state index contributed by atoms with van der Waals surface area (Å²) in [6, 6.07) is 0. The molecule has 0 heterocycles. The first-order chi connectivity index (χ1) is 7.54. The molecule has 0 spiro atoms. The molecule has 1 fully saturated rings. The maximum absolute atomic E-state index is 12.7. The van der Waals surface area contributed by atoms with Gasteiger partial charge in [0, 0.05) is 5.57 Å². The second-order valence-corrected chi connectivity index (χ2v) is 4.85. The average Bonchev–Trinajstić information content (AvgIpc) is 2.41. The Hall–Kier alpha value is -0.860. The Morgan fingerprint density at radius 3 is 2.56 bits per heavy atom. The number of rotatable bonds is 3. The second kappa shape index (κ2) is 6.02. The normalized spacial score (nSPS) is 30.6. The highest BCUT2D eigenvalue weighted by atomic mass is 19.1. The molecule has 0 amide bonds. The molecule has 0 aromatic carbocycles. The summed E-state index contributed by atoms with van der Waals surface area (Å²) >= 11 is 0. The number of alkyl halides is 1. The summed E-state index contributed by atoms with van der Waals surface area (Å²) in [5, 5.41) is 0. The van der Waals surface area contributed by atoms with Crippen molar-refractivity contribution < 1.29 is 13.9 Å². The lowest BCUT2D eigenvalue weighted by atomic mass is 9.91. The van der Waals surface area contributed by atoms with E-state index in [-0.39, 0.29) is 24.7 Å². The molecular weight excluding hydrogens is 207 g/mol. The Morgan fingerprint density at radius 1 is 1.38 bits per heavy atom. The van der Waals surface area contributed by atoms with Gasteiger partial charge in [0.15, 0.2) is 0 Å². The summed E-state index contributed by atoms with van der Waals surface area (Å²) in [6.45, 7) is 7.02. The van der Waals surface area contributed by atoms with Crippen molar-refractivity contribution in [2.75, 3.05) is 6.67 Å². The number of carbonyl (C=O) groups excluding carboxylic acids is 1. The minimum Gasteiger partial charge on any atom is -0.459 e. The van der Waals surface area contributed by atoms with Gasteiger partial charge in [0.2, 0.25) is 0 Å². The summed E-state index contributed by atoms with van der Waals surface area (Å²) in [5.41, 5.74) is 0.430. The van der Waals surface area contributed by atoms with Gasteiger partial charge in [-0.3, -0.25) is 4.39 Å². The van der Waals surface area contributed by atoms with Gasteiger partial charge in [0.25, 0.3) is 0 Å². The van der Waals surface area contributed by atoms with Crippen molar-refractivity contribution in [3.8, 4) is 0 Å². The van der Waals surface area contributed by atoms with E-state index in [0.29, 0.717) is 11.5 Å². The molecule has 3 heteroatoms. The number of ether oxygens (including phenoxy) is 1. The predicted octanol–water partition coefficient (Wildman–Crippen LogP) is 3.27. The van der Waals surface area contributed by atoms with E-state index in [4.69, 9.17) is 4.74 Å². The van der Waals surface area contributed by atoms with E-state index in [1.807, 2.05) is 0 Å². The third-order valence-electron chi connectivity index (χ3n) is 3.43. The average molecular weight is 228 g/mol. The zero-order valence-electron chi connectivity index (χ0n) is 10.2. The molecule has 16 heavy (non-hydrogen) atoms. The van der Waals surface area contributed by atoms with Crippen LogP contribution in [0.5, 0.6) is 0 Å². The van der Waals surface area contributed by atoms with Crippen molar-refractivity contribution in [1.82, 2.24) is 0 Å². The quantitative estimate of drug-likeness (QED) is 0.421. The van der Waals surface area contributed by atoms with Crippen molar-refractivity contribution in [1.29, 1.82) is 0 Å². The first-order valence-electron chi connectivity index (χ1n) is 5.97. The van der Waals surface area contributed by atoms with Gasteiger partial charge < -0.3 is 4.74 Å².